The van der Waals surface area contributed by atoms with E-state index in [-0.39, 0.29) is 17.9 Å². The first-order chi connectivity index (χ1) is 9.87. The molecule has 0 bridgehead atoms. The third kappa shape index (κ3) is 5.45. The summed E-state index contributed by atoms with van der Waals surface area (Å²) in [5.41, 5.74) is 3.19. The van der Waals surface area contributed by atoms with Crippen molar-refractivity contribution in [1.29, 1.82) is 0 Å². The van der Waals surface area contributed by atoms with Crippen LogP contribution >= 0.6 is 11.3 Å². The molecule has 21 heavy (non-hydrogen) atoms. The van der Waals surface area contributed by atoms with Crippen LogP contribution in [0.25, 0.3) is 0 Å². The number of hydrogen-bond acceptors (Lipinski definition) is 5. The number of hydrogen-bond donors (Lipinski definition) is 3. The van der Waals surface area contributed by atoms with Gasteiger partial charge in [-0.25, -0.2) is 5.84 Å². The fraction of sp³-hybridized carbons (Fsp3) is 0.571. The summed E-state index contributed by atoms with van der Waals surface area (Å²) in [6.07, 6.45) is 0. The number of amides is 2. The standard InChI is InChI=1S/C14H24N4O2S/c1-5-18(8-13(19)16-9(2)3)7-11-6-12(14(20)17-15)21-10(11)4/h6,9H,5,7-8,15H2,1-4H3,(H,16,19)(H,17,20). The normalized spacial score (nSPS) is 11.0. The van der Waals surface area contributed by atoms with Crippen LogP contribution < -0.4 is 16.6 Å². The first kappa shape index (κ1) is 17.6. The van der Waals surface area contributed by atoms with E-state index in [2.05, 4.69) is 10.7 Å². The van der Waals surface area contributed by atoms with Crippen molar-refractivity contribution in [2.75, 3.05) is 13.1 Å². The topological polar surface area (TPSA) is 87.5 Å². The number of likely N-dealkylation sites (N-methyl/N-ethyl adjacent to an activating group) is 1. The summed E-state index contributed by atoms with van der Waals surface area (Å²) in [5, 5.41) is 2.88. The zero-order valence-electron chi connectivity index (χ0n) is 13.0. The maximum atomic E-state index is 11.8. The largest absolute Gasteiger partial charge is 0.353 e. The SMILES string of the molecule is CCN(CC(=O)NC(C)C)Cc1cc(C(=O)NN)sc1C. The highest BCUT2D eigenvalue weighted by molar-refractivity contribution is 7.14. The Morgan fingerprint density at radius 2 is 2.10 bits per heavy atom. The van der Waals surface area contributed by atoms with Gasteiger partial charge >= 0.3 is 0 Å². The van der Waals surface area contributed by atoms with E-state index < -0.39 is 0 Å². The van der Waals surface area contributed by atoms with E-state index in [1.165, 1.54) is 11.3 Å². The minimum Gasteiger partial charge on any atom is -0.353 e. The molecular formula is C14H24N4O2S. The Balaban J connectivity index is 2.71. The Labute approximate surface area is 129 Å². The fourth-order valence-electron chi connectivity index (χ4n) is 1.95. The summed E-state index contributed by atoms with van der Waals surface area (Å²) >= 11 is 1.41. The molecule has 0 radical (unpaired) electrons. The lowest BCUT2D eigenvalue weighted by Crippen LogP contribution is -2.39. The van der Waals surface area contributed by atoms with E-state index in [1.54, 1.807) is 0 Å². The summed E-state index contributed by atoms with van der Waals surface area (Å²) in [6, 6.07) is 1.98. The molecule has 0 fully saturated rings. The average molecular weight is 312 g/mol. The number of thiophene rings is 1. The van der Waals surface area contributed by atoms with Gasteiger partial charge in [0.25, 0.3) is 5.91 Å². The van der Waals surface area contributed by atoms with Crippen molar-refractivity contribution in [2.45, 2.75) is 40.3 Å². The quantitative estimate of drug-likeness (QED) is 0.398. The van der Waals surface area contributed by atoms with Crippen LogP contribution in [0.5, 0.6) is 0 Å². The summed E-state index contributed by atoms with van der Waals surface area (Å²) in [6.45, 7) is 9.61. The van der Waals surface area contributed by atoms with Crippen LogP contribution in [-0.2, 0) is 11.3 Å². The Morgan fingerprint density at radius 3 is 2.62 bits per heavy atom. The van der Waals surface area contributed by atoms with Crippen molar-refractivity contribution >= 4 is 23.2 Å². The zero-order valence-corrected chi connectivity index (χ0v) is 13.8. The molecule has 0 unspecified atom stereocenters. The van der Waals surface area contributed by atoms with E-state index in [9.17, 15) is 9.59 Å². The number of nitrogen functional groups attached to an aromatic ring is 1. The Kier molecular flexibility index (Phi) is 6.80. The van der Waals surface area contributed by atoms with Crippen LogP contribution in [0, 0.1) is 6.92 Å². The van der Waals surface area contributed by atoms with Gasteiger partial charge in [-0.1, -0.05) is 6.92 Å². The second-order valence-electron chi connectivity index (χ2n) is 5.19. The minimum absolute atomic E-state index is 0.0136. The summed E-state index contributed by atoms with van der Waals surface area (Å²) in [7, 11) is 0. The van der Waals surface area contributed by atoms with E-state index in [4.69, 9.17) is 5.84 Å². The molecule has 0 aromatic carbocycles. The smallest absolute Gasteiger partial charge is 0.275 e. The zero-order chi connectivity index (χ0) is 16.0. The number of nitrogens with zero attached hydrogens (tertiary/aromatic N) is 1. The van der Waals surface area contributed by atoms with Crippen molar-refractivity contribution in [1.82, 2.24) is 15.6 Å². The van der Waals surface area contributed by atoms with Gasteiger partial charge in [-0.05, 0) is 38.9 Å². The third-order valence-electron chi connectivity index (χ3n) is 3.03. The van der Waals surface area contributed by atoms with Crippen LogP contribution in [0.1, 0.15) is 40.9 Å². The number of carbonyl (C=O) groups excluding carboxylic acids is 2. The highest BCUT2D eigenvalue weighted by Crippen LogP contribution is 2.22. The van der Waals surface area contributed by atoms with Crippen LogP contribution in [0.3, 0.4) is 0 Å². The minimum atomic E-state index is -0.282. The van der Waals surface area contributed by atoms with E-state index in [0.29, 0.717) is 18.0 Å². The molecule has 0 aliphatic carbocycles. The molecule has 2 amide bonds. The fourth-order valence-corrected chi connectivity index (χ4v) is 2.89. The number of rotatable bonds is 7. The molecule has 1 aromatic heterocycles. The average Bonchev–Trinajstić information content (AvgIpc) is 2.77. The van der Waals surface area contributed by atoms with Gasteiger partial charge in [-0.15, -0.1) is 11.3 Å². The lowest BCUT2D eigenvalue weighted by molar-refractivity contribution is -0.122. The molecule has 0 aliphatic rings. The molecule has 0 atom stereocenters. The number of nitrogens with two attached hydrogens (primary N) is 1. The molecule has 6 nitrogen and oxygen atoms in total. The molecule has 0 spiro atoms. The lowest BCUT2D eigenvalue weighted by atomic mass is 10.2. The molecule has 4 N–H and O–H groups in total. The first-order valence-corrected chi connectivity index (χ1v) is 7.81. The molecule has 118 valence electrons. The summed E-state index contributed by atoms with van der Waals surface area (Å²) < 4.78 is 0. The Hall–Kier alpha value is -1.44. The third-order valence-corrected chi connectivity index (χ3v) is 4.13. The summed E-state index contributed by atoms with van der Waals surface area (Å²) in [5.74, 6) is 4.88. The van der Waals surface area contributed by atoms with Gasteiger partial charge in [-0.2, -0.15) is 0 Å². The molecular weight excluding hydrogens is 288 g/mol. The second kappa shape index (κ2) is 8.11. The van der Waals surface area contributed by atoms with Gasteiger partial charge in [0.1, 0.15) is 0 Å². The molecule has 0 aliphatic heterocycles. The highest BCUT2D eigenvalue weighted by atomic mass is 32.1. The molecule has 0 saturated heterocycles. The van der Waals surface area contributed by atoms with Crippen molar-refractivity contribution in [2.24, 2.45) is 5.84 Å². The maximum absolute atomic E-state index is 11.8. The van der Waals surface area contributed by atoms with Crippen LogP contribution in [0.15, 0.2) is 6.07 Å². The first-order valence-electron chi connectivity index (χ1n) is 6.99. The Bertz CT molecular complexity index is 499. The van der Waals surface area contributed by atoms with Gasteiger partial charge in [-0.3, -0.25) is 19.9 Å². The van der Waals surface area contributed by atoms with Crippen LogP contribution in [0.2, 0.25) is 0 Å². The van der Waals surface area contributed by atoms with E-state index in [1.807, 2.05) is 38.7 Å². The van der Waals surface area contributed by atoms with Crippen LogP contribution in [-0.4, -0.2) is 35.8 Å². The maximum Gasteiger partial charge on any atom is 0.275 e. The van der Waals surface area contributed by atoms with Gasteiger partial charge in [0.2, 0.25) is 5.91 Å². The lowest BCUT2D eigenvalue weighted by Gasteiger charge is -2.20. The van der Waals surface area contributed by atoms with Gasteiger partial charge in [0.05, 0.1) is 11.4 Å². The Morgan fingerprint density at radius 1 is 1.43 bits per heavy atom. The van der Waals surface area contributed by atoms with Crippen molar-refractivity contribution < 1.29 is 9.59 Å². The molecule has 1 rings (SSSR count). The molecule has 7 heteroatoms. The predicted molar refractivity (Wildman–Crippen MR) is 84.9 cm³/mol. The second-order valence-corrected chi connectivity index (χ2v) is 6.45. The molecule has 1 aromatic rings. The van der Waals surface area contributed by atoms with Gasteiger partial charge < -0.3 is 5.32 Å². The van der Waals surface area contributed by atoms with Crippen molar-refractivity contribution in [3.05, 3.63) is 21.4 Å². The van der Waals surface area contributed by atoms with E-state index >= 15 is 0 Å². The van der Waals surface area contributed by atoms with Gasteiger partial charge in [0, 0.05) is 17.5 Å². The number of nitrogens with one attached hydrogen (secondary N) is 2. The monoisotopic (exact) mass is 312 g/mol. The summed E-state index contributed by atoms with van der Waals surface area (Å²) in [4.78, 5) is 27.1. The molecule has 1 heterocycles. The number of hydrazine groups is 1. The molecule has 0 saturated carbocycles. The number of aryl methyl sites for hydroxylation is 1. The predicted octanol–water partition coefficient (Wildman–Crippen LogP) is 1.01. The van der Waals surface area contributed by atoms with Crippen molar-refractivity contribution in [3.8, 4) is 0 Å². The van der Waals surface area contributed by atoms with Gasteiger partial charge in [0.15, 0.2) is 0 Å². The van der Waals surface area contributed by atoms with Crippen molar-refractivity contribution in [3.63, 3.8) is 0 Å². The highest BCUT2D eigenvalue weighted by Gasteiger charge is 2.15. The van der Waals surface area contributed by atoms with Crippen LogP contribution in [0.4, 0.5) is 0 Å². The van der Waals surface area contributed by atoms with E-state index in [0.717, 1.165) is 17.0 Å². The number of carbonyl (C=O) groups is 2.